The molecule has 0 aromatic heterocycles. The predicted octanol–water partition coefficient (Wildman–Crippen LogP) is 1.18. The molecular weight excluding hydrogens is 130 g/mol. The van der Waals surface area contributed by atoms with Crippen LogP contribution in [-0.4, -0.2) is 25.7 Å². The molecule has 1 N–H and O–H groups in total. The van der Waals surface area contributed by atoms with Crippen LogP contribution >= 0.6 is 0 Å². The molecule has 1 rings (SSSR count). The highest BCUT2D eigenvalue weighted by atomic mass is 16.5. The number of hydrogen-bond acceptors (Lipinski definition) is 3. The Labute approximate surface area is 60.8 Å². The summed E-state index contributed by atoms with van der Waals surface area (Å²) in [6, 6.07) is 0. The van der Waals surface area contributed by atoms with Gasteiger partial charge in [0.1, 0.15) is 5.60 Å². The number of methoxy groups -OCH3 is 2. The zero-order valence-corrected chi connectivity index (χ0v) is 6.44. The fourth-order valence-electron chi connectivity index (χ4n) is 1.21. The Kier molecular flexibility index (Phi) is 1.94. The molecule has 0 aliphatic heterocycles. The van der Waals surface area contributed by atoms with Gasteiger partial charge >= 0.3 is 0 Å². The van der Waals surface area contributed by atoms with Crippen LogP contribution in [0.15, 0.2) is 0 Å². The van der Waals surface area contributed by atoms with Crippen molar-refractivity contribution in [1.29, 1.82) is 5.41 Å². The highest BCUT2D eigenvalue weighted by molar-refractivity contribution is 5.83. The van der Waals surface area contributed by atoms with Crippen molar-refractivity contribution in [1.82, 2.24) is 0 Å². The van der Waals surface area contributed by atoms with Crippen molar-refractivity contribution >= 4 is 5.90 Å². The third-order valence-corrected chi connectivity index (χ3v) is 2.17. The zero-order chi connectivity index (χ0) is 7.61. The van der Waals surface area contributed by atoms with Gasteiger partial charge in [-0.1, -0.05) is 0 Å². The molecule has 0 amide bonds. The molecule has 1 aliphatic carbocycles. The van der Waals surface area contributed by atoms with E-state index in [2.05, 4.69) is 0 Å². The Hall–Kier alpha value is -0.570. The van der Waals surface area contributed by atoms with Crippen LogP contribution in [0, 0.1) is 5.41 Å². The van der Waals surface area contributed by atoms with Crippen molar-refractivity contribution in [2.24, 2.45) is 0 Å². The molecule has 0 spiro atoms. The monoisotopic (exact) mass is 143 g/mol. The van der Waals surface area contributed by atoms with Crippen LogP contribution in [0.25, 0.3) is 0 Å². The van der Waals surface area contributed by atoms with Gasteiger partial charge in [0.2, 0.25) is 5.90 Å². The summed E-state index contributed by atoms with van der Waals surface area (Å²) in [7, 11) is 3.15. The molecule has 1 saturated carbocycles. The third-order valence-electron chi connectivity index (χ3n) is 2.17. The van der Waals surface area contributed by atoms with Crippen molar-refractivity contribution in [2.45, 2.75) is 24.9 Å². The van der Waals surface area contributed by atoms with E-state index in [4.69, 9.17) is 14.9 Å². The van der Waals surface area contributed by atoms with E-state index in [-0.39, 0.29) is 11.5 Å². The summed E-state index contributed by atoms with van der Waals surface area (Å²) in [6.45, 7) is 0. The van der Waals surface area contributed by atoms with Crippen molar-refractivity contribution in [2.75, 3.05) is 14.2 Å². The number of ether oxygens (including phenoxy) is 2. The second kappa shape index (κ2) is 2.58. The van der Waals surface area contributed by atoms with E-state index in [1.165, 1.54) is 7.11 Å². The summed E-state index contributed by atoms with van der Waals surface area (Å²) in [6.07, 6.45) is 2.99. The SMILES string of the molecule is COC(=N)C1(OC)CCC1. The first-order valence-corrected chi connectivity index (χ1v) is 3.43. The summed E-state index contributed by atoms with van der Waals surface area (Å²) in [5.74, 6) is 0.265. The third kappa shape index (κ3) is 0.904. The first-order valence-electron chi connectivity index (χ1n) is 3.43. The maximum atomic E-state index is 7.40. The highest BCUT2D eigenvalue weighted by Crippen LogP contribution is 2.35. The van der Waals surface area contributed by atoms with Gasteiger partial charge in [0, 0.05) is 7.11 Å². The Morgan fingerprint density at radius 2 is 2.00 bits per heavy atom. The summed E-state index contributed by atoms with van der Waals surface area (Å²) >= 11 is 0. The molecule has 58 valence electrons. The van der Waals surface area contributed by atoms with E-state index in [0.717, 1.165) is 19.3 Å². The van der Waals surface area contributed by atoms with Crippen LogP contribution in [0.5, 0.6) is 0 Å². The topological polar surface area (TPSA) is 42.3 Å². The van der Waals surface area contributed by atoms with Gasteiger partial charge in [0.25, 0.3) is 0 Å². The molecule has 0 unspecified atom stereocenters. The van der Waals surface area contributed by atoms with E-state index < -0.39 is 0 Å². The molecule has 1 aliphatic rings. The van der Waals surface area contributed by atoms with E-state index in [1.54, 1.807) is 7.11 Å². The average Bonchev–Trinajstić information content (AvgIpc) is 1.86. The van der Waals surface area contributed by atoms with E-state index >= 15 is 0 Å². The molecule has 0 aromatic rings. The molecule has 0 aromatic carbocycles. The minimum Gasteiger partial charge on any atom is -0.482 e. The molecular formula is C7H13NO2. The first kappa shape index (κ1) is 7.54. The van der Waals surface area contributed by atoms with Gasteiger partial charge in [-0.15, -0.1) is 0 Å². The van der Waals surface area contributed by atoms with Crippen LogP contribution in [0.1, 0.15) is 19.3 Å². The second-order valence-electron chi connectivity index (χ2n) is 2.59. The van der Waals surface area contributed by atoms with E-state index in [9.17, 15) is 0 Å². The standard InChI is InChI=1S/C7H13NO2/c1-9-6(8)7(10-2)4-3-5-7/h8H,3-5H2,1-2H3. The van der Waals surface area contributed by atoms with Crippen LogP contribution in [0.3, 0.4) is 0 Å². The van der Waals surface area contributed by atoms with E-state index in [0.29, 0.717) is 0 Å². The first-order chi connectivity index (χ1) is 4.75. The summed E-state index contributed by atoms with van der Waals surface area (Å²) in [5, 5.41) is 7.40. The fraction of sp³-hybridized carbons (Fsp3) is 0.857. The van der Waals surface area contributed by atoms with Crippen LogP contribution in [-0.2, 0) is 9.47 Å². The van der Waals surface area contributed by atoms with Crippen molar-refractivity contribution in [3.8, 4) is 0 Å². The average molecular weight is 143 g/mol. The molecule has 3 nitrogen and oxygen atoms in total. The largest absolute Gasteiger partial charge is 0.482 e. The van der Waals surface area contributed by atoms with Crippen LogP contribution < -0.4 is 0 Å². The van der Waals surface area contributed by atoms with Crippen LogP contribution in [0.2, 0.25) is 0 Å². The lowest BCUT2D eigenvalue weighted by molar-refractivity contribution is -0.0291. The molecule has 3 heteroatoms. The maximum absolute atomic E-state index is 7.40. The van der Waals surface area contributed by atoms with Gasteiger partial charge in [-0.2, -0.15) is 0 Å². The summed E-state index contributed by atoms with van der Waals surface area (Å²) in [4.78, 5) is 0. The molecule has 0 bridgehead atoms. The Morgan fingerprint density at radius 1 is 1.40 bits per heavy atom. The molecule has 0 radical (unpaired) electrons. The summed E-state index contributed by atoms with van der Waals surface area (Å²) in [5.41, 5.74) is -0.366. The van der Waals surface area contributed by atoms with Gasteiger partial charge in [-0.25, -0.2) is 0 Å². The predicted molar refractivity (Wildman–Crippen MR) is 38.3 cm³/mol. The Balaban J connectivity index is 2.55. The molecule has 0 heterocycles. The molecule has 0 saturated heterocycles. The molecule has 10 heavy (non-hydrogen) atoms. The highest BCUT2D eigenvalue weighted by Gasteiger charge is 2.42. The van der Waals surface area contributed by atoms with Gasteiger partial charge < -0.3 is 9.47 Å². The fourth-order valence-corrected chi connectivity index (χ4v) is 1.21. The minimum atomic E-state index is -0.366. The van der Waals surface area contributed by atoms with E-state index in [1.807, 2.05) is 0 Å². The minimum absolute atomic E-state index is 0.265. The van der Waals surface area contributed by atoms with Crippen LogP contribution in [0.4, 0.5) is 0 Å². The number of nitrogens with one attached hydrogen (secondary N) is 1. The zero-order valence-electron chi connectivity index (χ0n) is 6.44. The second-order valence-corrected chi connectivity index (χ2v) is 2.59. The maximum Gasteiger partial charge on any atom is 0.213 e. The molecule has 1 fully saturated rings. The summed E-state index contributed by atoms with van der Waals surface area (Å²) < 4.78 is 9.98. The van der Waals surface area contributed by atoms with Gasteiger partial charge in [0.05, 0.1) is 7.11 Å². The lowest BCUT2D eigenvalue weighted by Crippen LogP contribution is -2.47. The van der Waals surface area contributed by atoms with Crippen molar-refractivity contribution in [3.05, 3.63) is 0 Å². The van der Waals surface area contributed by atoms with Crippen molar-refractivity contribution < 1.29 is 9.47 Å². The van der Waals surface area contributed by atoms with Gasteiger partial charge in [-0.05, 0) is 19.3 Å². The Bertz CT molecular complexity index is 135. The Morgan fingerprint density at radius 3 is 2.10 bits per heavy atom. The van der Waals surface area contributed by atoms with Crippen molar-refractivity contribution in [3.63, 3.8) is 0 Å². The quantitative estimate of drug-likeness (QED) is 0.466. The lowest BCUT2D eigenvalue weighted by atomic mass is 9.80. The van der Waals surface area contributed by atoms with Gasteiger partial charge in [0.15, 0.2) is 0 Å². The number of hydrogen-bond donors (Lipinski definition) is 1. The molecule has 0 atom stereocenters. The normalized spacial score (nSPS) is 21.4. The van der Waals surface area contributed by atoms with Gasteiger partial charge in [-0.3, -0.25) is 5.41 Å². The lowest BCUT2D eigenvalue weighted by Gasteiger charge is -2.39. The smallest absolute Gasteiger partial charge is 0.213 e. The number of rotatable bonds is 2.